The number of benzene rings is 2. The number of rotatable bonds is 7. The molecule has 0 radical (unpaired) electrons. The lowest BCUT2D eigenvalue weighted by Crippen LogP contribution is -2.05. The molecule has 2 aromatic carbocycles. The van der Waals surface area contributed by atoms with E-state index >= 15 is 0 Å². The number of sulfone groups is 1. The van der Waals surface area contributed by atoms with Gasteiger partial charge in [0.1, 0.15) is 5.75 Å². The number of aromatic nitrogens is 2. The van der Waals surface area contributed by atoms with E-state index in [0.29, 0.717) is 18.1 Å². The Bertz CT molecular complexity index is 1380. The lowest BCUT2D eigenvalue weighted by atomic mass is 10.0. The van der Waals surface area contributed by atoms with Crippen molar-refractivity contribution in [3.05, 3.63) is 72.1 Å². The molecule has 4 rings (SSSR count). The molecule has 4 aromatic rings. The third-order valence-electron chi connectivity index (χ3n) is 5.43. The summed E-state index contributed by atoms with van der Waals surface area (Å²) in [5.74, 6) is 1.21. The van der Waals surface area contributed by atoms with Gasteiger partial charge in [-0.05, 0) is 42.0 Å². The molecule has 0 spiro atoms. The normalized spacial score (nSPS) is 11.6. The number of hydrogen-bond acceptors (Lipinski definition) is 6. The Labute approximate surface area is 186 Å². The van der Waals surface area contributed by atoms with Crippen LogP contribution in [0.3, 0.4) is 0 Å². The maximum absolute atomic E-state index is 12.2. The van der Waals surface area contributed by atoms with Gasteiger partial charge in [-0.1, -0.05) is 12.1 Å². The molecule has 0 bridgehead atoms. The van der Waals surface area contributed by atoms with Crippen molar-refractivity contribution in [2.24, 2.45) is 0 Å². The van der Waals surface area contributed by atoms with Crippen LogP contribution in [0.1, 0.15) is 11.3 Å². The highest BCUT2D eigenvalue weighted by Gasteiger charge is 2.21. The summed E-state index contributed by atoms with van der Waals surface area (Å²) < 4.78 is 37.0. The first-order chi connectivity index (χ1) is 15.4. The molecule has 0 fully saturated rings. The molecule has 166 valence electrons. The summed E-state index contributed by atoms with van der Waals surface area (Å²) in [5.41, 5.74) is 3.97. The maximum atomic E-state index is 12.2. The Kier molecular flexibility index (Phi) is 5.90. The molecule has 32 heavy (non-hydrogen) atoms. The van der Waals surface area contributed by atoms with Gasteiger partial charge in [0.2, 0.25) is 5.88 Å². The fraction of sp³-hybridized carbons (Fsp3) is 0.208. The van der Waals surface area contributed by atoms with Gasteiger partial charge in [0.15, 0.2) is 9.84 Å². The first-order valence-electron chi connectivity index (χ1n) is 9.95. The van der Waals surface area contributed by atoms with Crippen LogP contribution in [0.5, 0.6) is 11.6 Å². The molecule has 1 N–H and O–H groups in total. The molecule has 0 aliphatic heterocycles. The fourth-order valence-electron chi connectivity index (χ4n) is 3.89. The molecule has 0 unspecified atom stereocenters. The molecule has 0 atom stereocenters. The highest BCUT2D eigenvalue weighted by molar-refractivity contribution is 7.90. The van der Waals surface area contributed by atoms with Crippen molar-refractivity contribution in [3.63, 3.8) is 0 Å². The number of methoxy groups -OCH3 is 2. The van der Waals surface area contributed by atoms with Crippen molar-refractivity contribution in [3.8, 4) is 22.8 Å². The molecule has 0 amide bonds. The predicted octanol–water partition coefficient (Wildman–Crippen LogP) is 3.66. The summed E-state index contributed by atoms with van der Waals surface area (Å²) in [6.45, 7) is 0.250. The number of fused-ring (bicyclic) bond motifs is 1. The van der Waals surface area contributed by atoms with E-state index in [9.17, 15) is 13.5 Å². The van der Waals surface area contributed by atoms with Crippen molar-refractivity contribution in [2.75, 3.05) is 20.5 Å². The number of nitrogens with zero attached hydrogens (tertiary/aromatic N) is 2. The molecule has 0 saturated heterocycles. The zero-order chi connectivity index (χ0) is 22.9. The second kappa shape index (κ2) is 8.64. The zero-order valence-corrected chi connectivity index (χ0v) is 18.9. The van der Waals surface area contributed by atoms with Crippen LogP contribution in [-0.4, -0.2) is 43.6 Å². The largest absolute Gasteiger partial charge is 0.497 e. The Morgan fingerprint density at radius 2 is 1.84 bits per heavy atom. The van der Waals surface area contributed by atoms with Crippen LogP contribution in [0, 0.1) is 0 Å². The first-order valence-corrected chi connectivity index (χ1v) is 11.8. The van der Waals surface area contributed by atoms with E-state index in [-0.39, 0.29) is 11.5 Å². The van der Waals surface area contributed by atoms with Gasteiger partial charge < -0.3 is 19.1 Å². The lowest BCUT2D eigenvalue weighted by molar-refractivity contribution is 0.273. The Morgan fingerprint density at radius 1 is 1.03 bits per heavy atom. The van der Waals surface area contributed by atoms with Crippen molar-refractivity contribution in [1.82, 2.24) is 9.55 Å². The van der Waals surface area contributed by atoms with Gasteiger partial charge in [-0.3, -0.25) is 0 Å². The predicted molar refractivity (Wildman–Crippen MR) is 123 cm³/mol. The smallest absolute Gasteiger partial charge is 0.212 e. The highest BCUT2D eigenvalue weighted by atomic mass is 32.2. The molecule has 0 saturated carbocycles. The number of pyridine rings is 1. The fourth-order valence-corrected chi connectivity index (χ4v) is 4.53. The SMILES string of the molecule is COc1cccc(Cn2c(CO)c(-c3ccc(OC)nc3)c3cc(S(C)(=O)=O)ccc32)c1. The van der Waals surface area contributed by atoms with Gasteiger partial charge in [0.25, 0.3) is 0 Å². The number of aliphatic hydroxyl groups is 1. The Hall–Kier alpha value is -3.36. The molecule has 0 aliphatic rings. The average Bonchev–Trinajstić information content (AvgIpc) is 3.11. The van der Waals surface area contributed by atoms with Gasteiger partial charge in [-0.15, -0.1) is 0 Å². The van der Waals surface area contributed by atoms with Crippen LogP contribution in [0.2, 0.25) is 0 Å². The molecule has 0 aliphatic carbocycles. The maximum Gasteiger partial charge on any atom is 0.212 e. The number of hydrogen-bond donors (Lipinski definition) is 1. The second-order valence-electron chi connectivity index (χ2n) is 7.46. The van der Waals surface area contributed by atoms with Crippen LogP contribution >= 0.6 is 0 Å². The van der Waals surface area contributed by atoms with Crippen LogP contribution in [-0.2, 0) is 23.0 Å². The van der Waals surface area contributed by atoms with E-state index in [2.05, 4.69) is 4.98 Å². The highest BCUT2D eigenvalue weighted by Crippen LogP contribution is 2.37. The third kappa shape index (κ3) is 4.06. The molecule has 2 aromatic heterocycles. The summed E-state index contributed by atoms with van der Waals surface area (Å²) in [7, 11) is -0.249. The van der Waals surface area contributed by atoms with E-state index in [1.54, 1.807) is 44.7 Å². The summed E-state index contributed by atoms with van der Waals surface area (Å²) in [5, 5.41) is 11.1. The van der Waals surface area contributed by atoms with Gasteiger partial charge >= 0.3 is 0 Å². The molecule has 2 heterocycles. The lowest BCUT2D eigenvalue weighted by Gasteiger charge is -2.12. The van der Waals surface area contributed by atoms with E-state index in [4.69, 9.17) is 9.47 Å². The minimum Gasteiger partial charge on any atom is -0.497 e. The molecule has 7 nitrogen and oxygen atoms in total. The van der Waals surface area contributed by atoms with Crippen molar-refractivity contribution < 1.29 is 23.0 Å². The third-order valence-corrected chi connectivity index (χ3v) is 6.54. The second-order valence-corrected chi connectivity index (χ2v) is 9.47. The van der Waals surface area contributed by atoms with Crippen LogP contribution in [0.4, 0.5) is 0 Å². The van der Waals surface area contributed by atoms with Crippen molar-refractivity contribution in [1.29, 1.82) is 0 Å². The van der Waals surface area contributed by atoms with Gasteiger partial charge in [-0.25, -0.2) is 13.4 Å². The minimum absolute atomic E-state index is 0.218. The van der Waals surface area contributed by atoms with Gasteiger partial charge in [-0.2, -0.15) is 0 Å². The Balaban J connectivity index is 1.98. The average molecular weight is 453 g/mol. The van der Waals surface area contributed by atoms with Gasteiger partial charge in [0, 0.05) is 47.1 Å². The first kappa shape index (κ1) is 21.9. The minimum atomic E-state index is -3.41. The summed E-state index contributed by atoms with van der Waals surface area (Å²) in [6, 6.07) is 16.3. The van der Waals surface area contributed by atoms with E-state index in [0.717, 1.165) is 33.3 Å². The van der Waals surface area contributed by atoms with Crippen molar-refractivity contribution >= 4 is 20.7 Å². The topological polar surface area (TPSA) is 90.7 Å². The molecular formula is C24H24N2O5S. The zero-order valence-electron chi connectivity index (χ0n) is 18.1. The van der Waals surface area contributed by atoms with Crippen LogP contribution < -0.4 is 9.47 Å². The van der Waals surface area contributed by atoms with E-state index in [1.807, 2.05) is 34.9 Å². The number of ether oxygens (including phenoxy) is 2. The van der Waals surface area contributed by atoms with E-state index in [1.165, 1.54) is 6.26 Å². The standard InChI is InChI=1S/C24H24N2O5S/c1-30-18-6-4-5-16(11-18)14-26-21-9-8-19(32(3,28)29)12-20(21)24(22(26)15-27)17-7-10-23(31-2)25-13-17/h4-13,27H,14-15H2,1-3H3. The summed E-state index contributed by atoms with van der Waals surface area (Å²) >= 11 is 0. The quantitative estimate of drug-likeness (QED) is 0.460. The Morgan fingerprint density at radius 3 is 2.47 bits per heavy atom. The van der Waals surface area contributed by atoms with Crippen LogP contribution in [0.15, 0.2) is 65.7 Å². The molecular weight excluding hydrogens is 428 g/mol. The van der Waals surface area contributed by atoms with E-state index < -0.39 is 9.84 Å². The molecule has 8 heteroatoms. The number of aliphatic hydroxyl groups excluding tert-OH is 1. The van der Waals surface area contributed by atoms with Crippen molar-refractivity contribution in [2.45, 2.75) is 18.0 Å². The monoisotopic (exact) mass is 452 g/mol. The summed E-state index contributed by atoms with van der Waals surface area (Å²) in [4.78, 5) is 4.51. The van der Waals surface area contributed by atoms with Gasteiger partial charge in [0.05, 0.1) is 31.4 Å². The summed E-state index contributed by atoms with van der Waals surface area (Å²) in [6.07, 6.45) is 2.85. The van der Waals surface area contributed by atoms with Crippen LogP contribution in [0.25, 0.3) is 22.0 Å².